The standard InChI is InChI=1S/C13H16N2O2S/c16-12-5-4-9(7-14-12)15-13(17)11-6-8-2-1-3-10(8)18-11/h6,9H,1-5,7H2,(H,14,16)(H,15,17). The molecule has 2 heterocycles. The van der Waals surface area contributed by atoms with Crippen LogP contribution in [0.5, 0.6) is 0 Å². The van der Waals surface area contributed by atoms with Crippen molar-refractivity contribution in [3.8, 4) is 0 Å². The zero-order valence-corrected chi connectivity index (χ0v) is 10.9. The molecule has 2 aliphatic rings. The second-order valence-corrected chi connectivity index (χ2v) is 6.06. The summed E-state index contributed by atoms with van der Waals surface area (Å²) in [5.74, 6) is 0.0890. The van der Waals surface area contributed by atoms with Crippen LogP contribution in [0.4, 0.5) is 0 Å². The molecule has 0 spiro atoms. The quantitative estimate of drug-likeness (QED) is 0.844. The molecular weight excluding hydrogens is 248 g/mol. The summed E-state index contributed by atoms with van der Waals surface area (Å²) < 4.78 is 0. The summed E-state index contributed by atoms with van der Waals surface area (Å²) in [6.07, 6.45) is 4.69. The summed E-state index contributed by atoms with van der Waals surface area (Å²) in [6.45, 7) is 0.551. The smallest absolute Gasteiger partial charge is 0.261 e. The SMILES string of the molecule is O=C1CCC(NC(=O)c2cc3c(s2)CCC3)CN1. The molecule has 96 valence electrons. The lowest BCUT2D eigenvalue weighted by molar-refractivity contribution is -0.122. The maximum Gasteiger partial charge on any atom is 0.261 e. The fourth-order valence-electron chi connectivity index (χ4n) is 2.55. The third-order valence-corrected chi connectivity index (χ3v) is 4.81. The van der Waals surface area contributed by atoms with Crippen molar-refractivity contribution >= 4 is 23.2 Å². The van der Waals surface area contributed by atoms with Gasteiger partial charge in [0.15, 0.2) is 0 Å². The van der Waals surface area contributed by atoms with Crippen molar-refractivity contribution in [2.75, 3.05) is 6.54 Å². The Morgan fingerprint density at radius 1 is 1.39 bits per heavy atom. The first kappa shape index (κ1) is 11.7. The van der Waals surface area contributed by atoms with Gasteiger partial charge in [-0.1, -0.05) is 0 Å². The van der Waals surface area contributed by atoms with Crippen molar-refractivity contribution in [3.63, 3.8) is 0 Å². The second kappa shape index (κ2) is 4.72. The number of amides is 2. The Balaban J connectivity index is 1.62. The average Bonchev–Trinajstić information content (AvgIpc) is 2.92. The van der Waals surface area contributed by atoms with Crippen LogP contribution in [-0.4, -0.2) is 24.4 Å². The Morgan fingerprint density at radius 3 is 3.00 bits per heavy atom. The highest BCUT2D eigenvalue weighted by molar-refractivity contribution is 7.14. The van der Waals surface area contributed by atoms with Crippen molar-refractivity contribution in [3.05, 3.63) is 21.4 Å². The van der Waals surface area contributed by atoms with Crippen LogP contribution >= 0.6 is 11.3 Å². The summed E-state index contributed by atoms with van der Waals surface area (Å²) in [5.41, 5.74) is 1.35. The van der Waals surface area contributed by atoms with Crippen LogP contribution in [0.15, 0.2) is 6.07 Å². The number of carbonyl (C=O) groups excluding carboxylic acids is 2. The molecule has 3 rings (SSSR count). The number of hydrogen-bond acceptors (Lipinski definition) is 3. The summed E-state index contributed by atoms with van der Waals surface area (Å²) in [7, 11) is 0. The van der Waals surface area contributed by atoms with Crippen LogP contribution in [0.3, 0.4) is 0 Å². The van der Waals surface area contributed by atoms with Crippen LogP contribution in [0.25, 0.3) is 0 Å². The Kier molecular flexibility index (Phi) is 3.07. The van der Waals surface area contributed by atoms with Crippen LogP contribution in [0.1, 0.15) is 39.4 Å². The Hall–Kier alpha value is -1.36. The summed E-state index contributed by atoms with van der Waals surface area (Å²) in [5, 5.41) is 5.78. The predicted octanol–water partition coefficient (Wildman–Crippen LogP) is 1.25. The van der Waals surface area contributed by atoms with Crippen LogP contribution < -0.4 is 10.6 Å². The molecule has 1 fully saturated rings. The Morgan fingerprint density at radius 2 is 2.28 bits per heavy atom. The molecule has 2 N–H and O–H groups in total. The van der Waals surface area contributed by atoms with E-state index in [2.05, 4.69) is 10.6 Å². The molecular formula is C13H16N2O2S. The van der Waals surface area contributed by atoms with E-state index in [0.717, 1.165) is 24.1 Å². The van der Waals surface area contributed by atoms with Gasteiger partial charge in [-0.25, -0.2) is 0 Å². The minimum absolute atomic E-state index is 0.00977. The molecule has 1 aliphatic heterocycles. The minimum Gasteiger partial charge on any atom is -0.354 e. The number of fused-ring (bicyclic) bond motifs is 1. The van der Waals surface area contributed by atoms with E-state index in [-0.39, 0.29) is 17.9 Å². The first-order valence-corrected chi connectivity index (χ1v) is 7.23. The summed E-state index contributed by atoms with van der Waals surface area (Å²) in [4.78, 5) is 25.3. The Bertz CT molecular complexity index is 464. The van der Waals surface area contributed by atoms with Gasteiger partial charge in [0.25, 0.3) is 5.91 Å². The van der Waals surface area contributed by atoms with E-state index < -0.39 is 0 Å². The molecule has 1 aromatic heterocycles. The average molecular weight is 264 g/mol. The van der Waals surface area contributed by atoms with Gasteiger partial charge in [0.2, 0.25) is 5.91 Å². The third-order valence-electron chi connectivity index (χ3n) is 3.57. The fraction of sp³-hybridized carbons (Fsp3) is 0.538. The van der Waals surface area contributed by atoms with E-state index in [1.807, 2.05) is 6.07 Å². The molecule has 1 atom stereocenters. The molecule has 1 unspecified atom stereocenters. The summed E-state index contributed by atoms with van der Waals surface area (Å²) in [6, 6.07) is 2.11. The molecule has 0 aromatic carbocycles. The molecule has 4 nitrogen and oxygen atoms in total. The highest BCUT2D eigenvalue weighted by atomic mass is 32.1. The lowest BCUT2D eigenvalue weighted by atomic mass is 10.1. The van der Waals surface area contributed by atoms with E-state index in [0.29, 0.717) is 13.0 Å². The minimum atomic E-state index is 0.00977. The molecule has 2 amide bonds. The highest BCUT2D eigenvalue weighted by Gasteiger charge is 2.23. The van der Waals surface area contributed by atoms with Crippen molar-refractivity contribution in [1.82, 2.24) is 10.6 Å². The molecule has 5 heteroatoms. The first-order valence-electron chi connectivity index (χ1n) is 6.41. The monoisotopic (exact) mass is 264 g/mol. The molecule has 0 bridgehead atoms. The predicted molar refractivity (Wildman–Crippen MR) is 69.8 cm³/mol. The number of thiophene rings is 1. The van der Waals surface area contributed by atoms with Crippen LogP contribution in [-0.2, 0) is 17.6 Å². The van der Waals surface area contributed by atoms with Crippen LogP contribution in [0, 0.1) is 0 Å². The number of carbonyl (C=O) groups is 2. The molecule has 1 saturated heterocycles. The summed E-state index contributed by atoms with van der Waals surface area (Å²) >= 11 is 1.62. The molecule has 1 aliphatic carbocycles. The zero-order valence-electron chi connectivity index (χ0n) is 10.1. The topological polar surface area (TPSA) is 58.2 Å². The van der Waals surface area contributed by atoms with Crippen molar-refractivity contribution < 1.29 is 9.59 Å². The van der Waals surface area contributed by atoms with E-state index in [1.54, 1.807) is 11.3 Å². The lowest BCUT2D eigenvalue weighted by Crippen LogP contribution is -2.47. The fourth-order valence-corrected chi connectivity index (χ4v) is 3.71. The van der Waals surface area contributed by atoms with E-state index in [1.165, 1.54) is 16.9 Å². The van der Waals surface area contributed by atoms with Crippen molar-refractivity contribution in [1.29, 1.82) is 0 Å². The highest BCUT2D eigenvalue weighted by Crippen LogP contribution is 2.30. The molecule has 0 saturated carbocycles. The molecule has 1 aromatic rings. The molecule has 0 radical (unpaired) electrons. The molecule has 18 heavy (non-hydrogen) atoms. The third kappa shape index (κ3) is 2.27. The van der Waals surface area contributed by atoms with Gasteiger partial charge in [0.1, 0.15) is 0 Å². The van der Waals surface area contributed by atoms with Gasteiger partial charge < -0.3 is 10.6 Å². The number of piperidine rings is 1. The van der Waals surface area contributed by atoms with Crippen LogP contribution in [0.2, 0.25) is 0 Å². The van der Waals surface area contributed by atoms with E-state index in [4.69, 9.17) is 0 Å². The lowest BCUT2D eigenvalue weighted by Gasteiger charge is -2.23. The van der Waals surface area contributed by atoms with Gasteiger partial charge in [-0.2, -0.15) is 0 Å². The Labute approximate surface area is 110 Å². The van der Waals surface area contributed by atoms with E-state index in [9.17, 15) is 9.59 Å². The van der Waals surface area contributed by atoms with Gasteiger partial charge in [-0.15, -0.1) is 11.3 Å². The van der Waals surface area contributed by atoms with Gasteiger partial charge >= 0.3 is 0 Å². The van der Waals surface area contributed by atoms with Gasteiger partial charge in [-0.05, 0) is 37.3 Å². The van der Waals surface area contributed by atoms with E-state index >= 15 is 0 Å². The van der Waals surface area contributed by atoms with Crippen molar-refractivity contribution in [2.24, 2.45) is 0 Å². The maximum absolute atomic E-state index is 12.1. The van der Waals surface area contributed by atoms with Gasteiger partial charge in [0, 0.05) is 23.9 Å². The number of nitrogens with one attached hydrogen (secondary N) is 2. The zero-order chi connectivity index (χ0) is 12.5. The number of rotatable bonds is 2. The largest absolute Gasteiger partial charge is 0.354 e. The second-order valence-electron chi connectivity index (χ2n) is 4.93. The number of hydrogen-bond donors (Lipinski definition) is 2. The first-order chi connectivity index (χ1) is 8.72. The normalized spacial score (nSPS) is 22.4. The van der Waals surface area contributed by atoms with Gasteiger partial charge in [-0.3, -0.25) is 9.59 Å². The van der Waals surface area contributed by atoms with Gasteiger partial charge in [0.05, 0.1) is 4.88 Å². The maximum atomic E-state index is 12.1. The van der Waals surface area contributed by atoms with Crippen molar-refractivity contribution in [2.45, 2.75) is 38.1 Å². The number of aryl methyl sites for hydroxylation is 2.